The van der Waals surface area contributed by atoms with Crippen LogP contribution in [0.25, 0.3) is 11.0 Å². The van der Waals surface area contributed by atoms with Crippen LogP contribution in [-0.2, 0) is 16.1 Å². The lowest BCUT2D eigenvalue weighted by Gasteiger charge is -2.35. The zero-order valence-corrected chi connectivity index (χ0v) is 14.9. The largest absolute Gasteiger partial charge is 0.377 e. The lowest BCUT2D eigenvalue weighted by Crippen LogP contribution is -2.51. The van der Waals surface area contributed by atoms with Gasteiger partial charge in [0.25, 0.3) is 0 Å². The van der Waals surface area contributed by atoms with Crippen molar-refractivity contribution in [1.82, 2.24) is 19.4 Å². The van der Waals surface area contributed by atoms with Gasteiger partial charge in [0.2, 0.25) is 5.91 Å². The maximum absolute atomic E-state index is 12.7. The van der Waals surface area contributed by atoms with E-state index in [-0.39, 0.29) is 5.91 Å². The quantitative estimate of drug-likeness (QED) is 0.848. The molecule has 0 saturated carbocycles. The lowest BCUT2D eigenvalue weighted by molar-refractivity contribution is -0.133. The SMILES string of the molecule is Cc1nc2ccccc2n1CC(=O)N1CCN(CC2CCCO2)CC1. The molecule has 25 heavy (non-hydrogen) atoms. The first-order chi connectivity index (χ1) is 12.2. The summed E-state index contributed by atoms with van der Waals surface area (Å²) in [5, 5.41) is 0. The number of rotatable bonds is 4. The van der Waals surface area contributed by atoms with Crippen LogP contribution in [0, 0.1) is 6.92 Å². The van der Waals surface area contributed by atoms with Gasteiger partial charge in [-0.2, -0.15) is 0 Å². The highest BCUT2D eigenvalue weighted by Crippen LogP contribution is 2.17. The van der Waals surface area contributed by atoms with Gasteiger partial charge in [-0.1, -0.05) is 12.1 Å². The lowest BCUT2D eigenvalue weighted by atomic mass is 10.2. The molecule has 2 fully saturated rings. The molecular formula is C19H26N4O2. The minimum atomic E-state index is 0.183. The predicted molar refractivity (Wildman–Crippen MR) is 96.5 cm³/mol. The van der Waals surface area contributed by atoms with Crippen LogP contribution in [0.3, 0.4) is 0 Å². The van der Waals surface area contributed by atoms with Crippen LogP contribution < -0.4 is 0 Å². The zero-order chi connectivity index (χ0) is 17.2. The molecule has 6 heteroatoms. The topological polar surface area (TPSA) is 50.6 Å². The molecule has 6 nitrogen and oxygen atoms in total. The van der Waals surface area contributed by atoms with Crippen LogP contribution in [0.1, 0.15) is 18.7 Å². The van der Waals surface area contributed by atoms with E-state index in [1.165, 1.54) is 12.8 Å². The second kappa shape index (κ2) is 7.14. The number of imidazole rings is 1. The minimum Gasteiger partial charge on any atom is -0.377 e. The number of hydrogen-bond acceptors (Lipinski definition) is 4. The summed E-state index contributed by atoms with van der Waals surface area (Å²) in [6.45, 7) is 7.73. The van der Waals surface area contributed by atoms with Gasteiger partial charge in [0.05, 0.1) is 17.1 Å². The molecule has 2 saturated heterocycles. The van der Waals surface area contributed by atoms with Gasteiger partial charge in [-0.15, -0.1) is 0 Å². The van der Waals surface area contributed by atoms with Crippen LogP contribution in [0.5, 0.6) is 0 Å². The van der Waals surface area contributed by atoms with Crippen molar-refractivity contribution in [3.05, 3.63) is 30.1 Å². The van der Waals surface area contributed by atoms with Gasteiger partial charge < -0.3 is 14.2 Å². The molecule has 3 heterocycles. The Morgan fingerprint density at radius 1 is 1.24 bits per heavy atom. The highest BCUT2D eigenvalue weighted by atomic mass is 16.5. The van der Waals surface area contributed by atoms with E-state index in [1.807, 2.05) is 40.7 Å². The molecule has 1 aromatic carbocycles. The Kier molecular flexibility index (Phi) is 4.72. The van der Waals surface area contributed by atoms with Gasteiger partial charge in [-0.3, -0.25) is 9.69 Å². The van der Waals surface area contributed by atoms with E-state index in [9.17, 15) is 4.79 Å². The number of amides is 1. The normalized spacial score (nSPS) is 22.0. The molecule has 1 unspecified atom stereocenters. The molecule has 2 aliphatic rings. The highest BCUT2D eigenvalue weighted by molar-refractivity contribution is 5.81. The third-order valence-electron chi connectivity index (χ3n) is 5.35. The molecule has 2 aromatic rings. The van der Waals surface area contributed by atoms with Gasteiger partial charge in [-0.05, 0) is 31.9 Å². The second-order valence-electron chi connectivity index (χ2n) is 7.05. The Bertz CT molecular complexity index is 743. The average molecular weight is 342 g/mol. The fraction of sp³-hybridized carbons (Fsp3) is 0.579. The molecule has 0 bridgehead atoms. The standard InChI is InChI=1S/C19H26N4O2/c1-15-20-17-6-2-3-7-18(17)23(15)14-19(24)22-10-8-21(9-11-22)13-16-5-4-12-25-16/h2-3,6-7,16H,4-5,8-14H2,1H3. The summed E-state index contributed by atoms with van der Waals surface area (Å²) in [6, 6.07) is 8.00. The Labute approximate surface area is 148 Å². The van der Waals surface area contributed by atoms with Crippen LogP contribution >= 0.6 is 0 Å². The molecule has 4 rings (SSSR count). The fourth-order valence-electron chi connectivity index (χ4n) is 3.89. The molecule has 0 N–H and O–H groups in total. The monoisotopic (exact) mass is 342 g/mol. The summed E-state index contributed by atoms with van der Waals surface area (Å²) < 4.78 is 7.75. The number of piperazine rings is 1. The average Bonchev–Trinajstić information content (AvgIpc) is 3.24. The first-order valence-corrected chi connectivity index (χ1v) is 9.24. The second-order valence-corrected chi connectivity index (χ2v) is 7.05. The third-order valence-corrected chi connectivity index (χ3v) is 5.35. The third kappa shape index (κ3) is 3.55. The van der Waals surface area contributed by atoms with Gasteiger partial charge >= 0.3 is 0 Å². The highest BCUT2D eigenvalue weighted by Gasteiger charge is 2.25. The predicted octanol–water partition coefficient (Wildman–Crippen LogP) is 1.67. The first kappa shape index (κ1) is 16.5. The molecule has 1 atom stereocenters. The molecule has 0 spiro atoms. The van der Waals surface area contributed by atoms with Crippen LogP contribution in [0.2, 0.25) is 0 Å². The Balaban J connectivity index is 1.35. The first-order valence-electron chi connectivity index (χ1n) is 9.24. The molecular weight excluding hydrogens is 316 g/mol. The molecule has 1 amide bonds. The zero-order valence-electron chi connectivity index (χ0n) is 14.9. The van der Waals surface area contributed by atoms with Gasteiger partial charge in [0.15, 0.2) is 0 Å². The van der Waals surface area contributed by atoms with Crippen LogP contribution in [0.4, 0.5) is 0 Å². The van der Waals surface area contributed by atoms with Crippen molar-refractivity contribution in [3.63, 3.8) is 0 Å². The van der Waals surface area contributed by atoms with Crippen molar-refractivity contribution in [2.75, 3.05) is 39.3 Å². The Morgan fingerprint density at radius 2 is 2.04 bits per heavy atom. The van der Waals surface area contributed by atoms with Gasteiger partial charge in [0.1, 0.15) is 12.4 Å². The smallest absolute Gasteiger partial charge is 0.242 e. The number of fused-ring (bicyclic) bond motifs is 1. The molecule has 0 radical (unpaired) electrons. The maximum Gasteiger partial charge on any atom is 0.242 e. The van der Waals surface area contributed by atoms with Crippen molar-refractivity contribution < 1.29 is 9.53 Å². The number of aryl methyl sites for hydroxylation is 1. The number of nitrogens with zero attached hydrogens (tertiary/aromatic N) is 4. The number of hydrogen-bond donors (Lipinski definition) is 0. The molecule has 2 aliphatic heterocycles. The van der Waals surface area contributed by atoms with Crippen LogP contribution in [0.15, 0.2) is 24.3 Å². The van der Waals surface area contributed by atoms with E-state index < -0.39 is 0 Å². The number of ether oxygens (including phenoxy) is 1. The fourth-order valence-corrected chi connectivity index (χ4v) is 3.89. The minimum absolute atomic E-state index is 0.183. The number of carbonyl (C=O) groups excluding carboxylic acids is 1. The number of para-hydroxylation sites is 2. The summed E-state index contributed by atoms with van der Waals surface area (Å²) >= 11 is 0. The number of aromatic nitrogens is 2. The van der Waals surface area contributed by atoms with E-state index in [2.05, 4.69) is 9.88 Å². The van der Waals surface area contributed by atoms with Gasteiger partial charge in [0, 0.05) is 39.3 Å². The molecule has 134 valence electrons. The summed E-state index contributed by atoms with van der Waals surface area (Å²) in [4.78, 5) is 21.7. The van der Waals surface area contributed by atoms with Crippen molar-refractivity contribution in [1.29, 1.82) is 0 Å². The van der Waals surface area contributed by atoms with Crippen molar-refractivity contribution >= 4 is 16.9 Å². The van der Waals surface area contributed by atoms with Crippen LogP contribution in [-0.4, -0.2) is 70.7 Å². The van der Waals surface area contributed by atoms with E-state index >= 15 is 0 Å². The van der Waals surface area contributed by atoms with E-state index in [0.717, 1.165) is 56.2 Å². The maximum atomic E-state index is 12.7. The van der Waals surface area contributed by atoms with E-state index in [1.54, 1.807) is 0 Å². The number of carbonyl (C=O) groups is 1. The molecule has 1 aromatic heterocycles. The van der Waals surface area contributed by atoms with E-state index in [0.29, 0.717) is 12.6 Å². The van der Waals surface area contributed by atoms with Gasteiger partial charge in [-0.25, -0.2) is 4.98 Å². The van der Waals surface area contributed by atoms with Crippen molar-refractivity contribution in [2.24, 2.45) is 0 Å². The van der Waals surface area contributed by atoms with E-state index in [4.69, 9.17) is 4.74 Å². The molecule has 0 aliphatic carbocycles. The summed E-state index contributed by atoms with van der Waals surface area (Å²) in [5.41, 5.74) is 1.99. The Morgan fingerprint density at radius 3 is 2.80 bits per heavy atom. The summed E-state index contributed by atoms with van der Waals surface area (Å²) in [7, 11) is 0. The summed E-state index contributed by atoms with van der Waals surface area (Å²) in [6.07, 6.45) is 2.75. The Hall–Kier alpha value is -1.92. The van der Waals surface area contributed by atoms with Crippen molar-refractivity contribution in [2.45, 2.75) is 32.4 Å². The number of benzene rings is 1. The van der Waals surface area contributed by atoms with Crippen molar-refractivity contribution in [3.8, 4) is 0 Å². The summed E-state index contributed by atoms with van der Waals surface area (Å²) in [5.74, 6) is 1.08.